The van der Waals surface area contributed by atoms with Gasteiger partial charge >= 0.3 is 5.97 Å². The molecule has 4 rings (SSSR count). The SMILES string of the molecule is CCOC(=O)c1c(NC(=O)CSc2nnc(CC3CCCCC3)n2C)sc2c1CCCCC2. The minimum absolute atomic E-state index is 0.140. The second-order valence-corrected chi connectivity index (χ2v) is 11.0. The van der Waals surface area contributed by atoms with Crippen molar-refractivity contribution in [2.75, 3.05) is 17.7 Å². The third-order valence-electron chi connectivity index (χ3n) is 6.61. The number of aryl methyl sites for hydroxylation is 1. The van der Waals surface area contributed by atoms with Crippen LogP contribution in [0.2, 0.25) is 0 Å². The first kappa shape index (κ1) is 24.3. The molecule has 1 amide bonds. The quantitative estimate of drug-likeness (QED) is 0.312. The van der Waals surface area contributed by atoms with Crippen molar-refractivity contribution in [2.45, 2.75) is 82.7 Å². The van der Waals surface area contributed by atoms with Crippen LogP contribution in [0.25, 0.3) is 0 Å². The Morgan fingerprint density at radius 1 is 1.12 bits per heavy atom. The fraction of sp³-hybridized carbons (Fsp3) is 0.667. The van der Waals surface area contributed by atoms with Crippen LogP contribution in [0.1, 0.15) is 84.9 Å². The lowest BCUT2D eigenvalue weighted by Gasteiger charge is -2.20. The van der Waals surface area contributed by atoms with E-state index in [9.17, 15) is 9.59 Å². The highest BCUT2D eigenvalue weighted by Gasteiger charge is 2.27. The lowest BCUT2D eigenvalue weighted by Crippen LogP contribution is -2.17. The van der Waals surface area contributed by atoms with Crippen LogP contribution in [0, 0.1) is 5.92 Å². The molecule has 0 saturated heterocycles. The van der Waals surface area contributed by atoms with E-state index in [2.05, 4.69) is 15.5 Å². The van der Waals surface area contributed by atoms with Gasteiger partial charge in [0.05, 0.1) is 17.9 Å². The first-order valence-corrected chi connectivity index (χ1v) is 14.0. The number of fused-ring (bicyclic) bond motifs is 1. The van der Waals surface area contributed by atoms with Crippen molar-refractivity contribution in [2.24, 2.45) is 13.0 Å². The Bertz CT molecular complexity index is 979. The summed E-state index contributed by atoms with van der Waals surface area (Å²) in [5.41, 5.74) is 1.63. The number of esters is 1. The number of nitrogens with zero attached hydrogens (tertiary/aromatic N) is 3. The first-order valence-electron chi connectivity index (χ1n) is 12.2. The Labute approximate surface area is 204 Å². The summed E-state index contributed by atoms with van der Waals surface area (Å²) in [5.74, 6) is 1.44. The Morgan fingerprint density at radius 2 is 1.88 bits per heavy atom. The van der Waals surface area contributed by atoms with Crippen LogP contribution < -0.4 is 5.32 Å². The number of thiophene rings is 1. The molecule has 9 heteroatoms. The summed E-state index contributed by atoms with van der Waals surface area (Å²) >= 11 is 2.92. The summed E-state index contributed by atoms with van der Waals surface area (Å²) in [6, 6.07) is 0. The summed E-state index contributed by atoms with van der Waals surface area (Å²) in [7, 11) is 1.98. The van der Waals surface area contributed by atoms with Crippen molar-refractivity contribution in [1.82, 2.24) is 14.8 Å². The molecule has 180 valence electrons. The minimum Gasteiger partial charge on any atom is -0.462 e. The van der Waals surface area contributed by atoms with Crippen molar-refractivity contribution in [3.8, 4) is 0 Å². The number of aromatic nitrogens is 3. The number of amides is 1. The maximum atomic E-state index is 12.8. The van der Waals surface area contributed by atoms with E-state index in [-0.39, 0.29) is 17.6 Å². The van der Waals surface area contributed by atoms with Gasteiger partial charge in [-0.15, -0.1) is 21.5 Å². The van der Waals surface area contributed by atoms with Gasteiger partial charge in [0.25, 0.3) is 0 Å². The van der Waals surface area contributed by atoms with Crippen LogP contribution in [-0.2, 0) is 35.8 Å². The molecule has 0 aromatic carbocycles. The number of rotatable bonds is 8. The second-order valence-electron chi connectivity index (χ2n) is 8.99. The molecule has 0 aliphatic heterocycles. The number of carbonyl (C=O) groups excluding carboxylic acids is 2. The van der Waals surface area contributed by atoms with Crippen LogP contribution in [0.15, 0.2) is 5.16 Å². The molecule has 2 aromatic rings. The lowest BCUT2D eigenvalue weighted by molar-refractivity contribution is -0.113. The molecule has 2 aromatic heterocycles. The van der Waals surface area contributed by atoms with Crippen LogP contribution in [0.3, 0.4) is 0 Å². The van der Waals surface area contributed by atoms with Gasteiger partial charge in [-0.3, -0.25) is 4.79 Å². The van der Waals surface area contributed by atoms with Gasteiger partial charge in [0, 0.05) is 18.3 Å². The van der Waals surface area contributed by atoms with Crippen molar-refractivity contribution < 1.29 is 14.3 Å². The summed E-state index contributed by atoms with van der Waals surface area (Å²) in [6.07, 6.45) is 12.6. The zero-order valence-electron chi connectivity index (χ0n) is 19.7. The molecule has 0 bridgehead atoms. The van der Waals surface area contributed by atoms with Gasteiger partial charge in [-0.1, -0.05) is 50.3 Å². The Hall–Kier alpha value is -1.87. The summed E-state index contributed by atoms with van der Waals surface area (Å²) < 4.78 is 7.33. The zero-order chi connectivity index (χ0) is 23.2. The highest BCUT2D eigenvalue weighted by Crippen LogP contribution is 2.38. The number of hydrogen-bond acceptors (Lipinski definition) is 7. The average Bonchev–Trinajstić information content (AvgIpc) is 3.23. The van der Waals surface area contributed by atoms with Crippen molar-refractivity contribution in [3.63, 3.8) is 0 Å². The monoisotopic (exact) mass is 490 g/mol. The van der Waals surface area contributed by atoms with E-state index in [1.54, 1.807) is 6.92 Å². The predicted octanol–water partition coefficient (Wildman–Crippen LogP) is 5.18. The minimum atomic E-state index is -0.333. The average molecular weight is 491 g/mol. The molecule has 1 N–H and O–H groups in total. The van der Waals surface area contributed by atoms with Crippen molar-refractivity contribution in [1.29, 1.82) is 0 Å². The first-order chi connectivity index (χ1) is 16.1. The number of anilines is 1. The normalized spacial score (nSPS) is 16.8. The van der Waals surface area contributed by atoms with E-state index >= 15 is 0 Å². The largest absolute Gasteiger partial charge is 0.462 e. The van der Waals surface area contributed by atoms with Crippen LogP contribution >= 0.6 is 23.1 Å². The fourth-order valence-corrected chi connectivity index (χ4v) is 6.86. The van der Waals surface area contributed by atoms with E-state index in [1.807, 2.05) is 11.6 Å². The van der Waals surface area contributed by atoms with Crippen LogP contribution in [-0.4, -0.2) is 39.0 Å². The summed E-state index contributed by atoms with van der Waals surface area (Å²) in [4.78, 5) is 26.7. The van der Waals surface area contributed by atoms with E-state index in [0.717, 1.165) is 48.6 Å². The predicted molar refractivity (Wildman–Crippen MR) is 132 cm³/mol. The van der Waals surface area contributed by atoms with Gasteiger partial charge in [-0.05, 0) is 44.1 Å². The van der Waals surface area contributed by atoms with Crippen LogP contribution in [0.5, 0.6) is 0 Å². The molecule has 2 heterocycles. The van der Waals surface area contributed by atoms with E-state index < -0.39 is 0 Å². The third-order valence-corrected chi connectivity index (χ3v) is 8.83. The molecule has 33 heavy (non-hydrogen) atoms. The van der Waals surface area contributed by atoms with Gasteiger partial charge < -0.3 is 14.6 Å². The second kappa shape index (κ2) is 11.5. The highest BCUT2D eigenvalue weighted by molar-refractivity contribution is 7.99. The Morgan fingerprint density at radius 3 is 2.67 bits per heavy atom. The smallest absolute Gasteiger partial charge is 0.341 e. The Balaban J connectivity index is 1.39. The number of hydrogen-bond donors (Lipinski definition) is 1. The van der Waals surface area contributed by atoms with Gasteiger partial charge in [-0.25, -0.2) is 4.79 Å². The van der Waals surface area contributed by atoms with Gasteiger partial charge in [0.2, 0.25) is 5.91 Å². The molecular formula is C24H34N4O3S2. The van der Waals surface area contributed by atoms with E-state index in [0.29, 0.717) is 23.1 Å². The number of nitrogens with one attached hydrogen (secondary N) is 1. The number of thioether (sulfide) groups is 1. The van der Waals surface area contributed by atoms with Crippen molar-refractivity contribution in [3.05, 3.63) is 21.8 Å². The number of carbonyl (C=O) groups is 2. The topological polar surface area (TPSA) is 86.1 Å². The molecule has 0 unspecified atom stereocenters. The van der Waals surface area contributed by atoms with Crippen molar-refractivity contribution >= 4 is 40.0 Å². The van der Waals surface area contributed by atoms with E-state index in [1.165, 1.54) is 66.5 Å². The third kappa shape index (κ3) is 5.98. The molecule has 0 atom stereocenters. The summed E-state index contributed by atoms with van der Waals surface area (Å²) in [6.45, 7) is 2.13. The molecule has 2 aliphatic rings. The molecule has 7 nitrogen and oxygen atoms in total. The van der Waals surface area contributed by atoms with Gasteiger partial charge in [0.1, 0.15) is 10.8 Å². The molecular weight excluding hydrogens is 456 g/mol. The number of ether oxygens (including phenoxy) is 1. The van der Waals surface area contributed by atoms with Gasteiger partial charge in [0.15, 0.2) is 5.16 Å². The van der Waals surface area contributed by atoms with Gasteiger partial charge in [-0.2, -0.15) is 0 Å². The van der Waals surface area contributed by atoms with E-state index in [4.69, 9.17) is 4.74 Å². The molecule has 2 aliphatic carbocycles. The summed E-state index contributed by atoms with van der Waals surface area (Å²) in [5, 5.41) is 13.1. The standard InChI is InChI=1S/C24H34N4O3S2/c1-3-31-23(30)21-17-12-8-5-9-13-18(17)33-22(21)25-20(29)15-32-24-27-26-19(28(24)2)14-16-10-6-4-7-11-16/h16H,3-15H2,1-2H3,(H,25,29). The maximum Gasteiger partial charge on any atom is 0.341 e. The molecule has 1 fully saturated rings. The van der Waals surface area contributed by atoms with Crippen LogP contribution in [0.4, 0.5) is 5.00 Å². The maximum absolute atomic E-state index is 12.8. The molecule has 1 saturated carbocycles. The highest BCUT2D eigenvalue weighted by atomic mass is 32.2. The molecule has 0 radical (unpaired) electrons. The molecule has 0 spiro atoms. The zero-order valence-corrected chi connectivity index (χ0v) is 21.3. The lowest BCUT2D eigenvalue weighted by atomic mass is 9.87. The fourth-order valence-electron chi connectivity index (χ4n) is 4.84. The Kier molecular flexibility index (Phi) is 8.46.